The van der Waals surface area contributed by atoms with E-state index in [2.05, 4.69) is 21.9 Å². The Bertz CT molecular complexity index is 628. The first-order chi connectivity index (χ1) is 8.65. The minimum Gasteiger partial charge on any atom is -0.359 e. The number of anilines is 1. The van der Waals surface area contributed by atoms with Crippen LogP contribution in [-0.2, 0) is 6.42 Å². The van der Waals surface area contributed by atoms with Gasteiger partial charge in [0.2, 0.25) is 0 Å². The molecule has 18 heavy (non-hydrogen) atoms. The van der Waals surface area contributed by atoms with Crippen LogP contribution in [0.15, 0.2) is 30.6 Å². The summed E-state index contributed by atoms with van der Waals surface area (Å²) in [6, 6.07) is 3.67. The first-order valence-electron chi connectivity index (χ1n) is 5.93. The molecule has 3 rings (SSSR count). The van der Waals surface area contributed by atoms with E-state index in [-0.39, 0.29) is 5.82 Å². The van der Waals surface area contributed by atoms with Gasteiger partial charge in [-0.1, -0.05) is 6.58 Å². The lowest BCUT2D eigenvalue weighted by Gasteiger charge is -2.21. The first-order valence-corrected chi connectivity index (χ1v) is 5.93. The number of fused-ring (bicyclic) bond motifs is 1. The SMILES string of the molecule is C=C1CCc2c(ccc(-c3cnc(C)[nH]3)c2F)N1. The Hall–Kier alpha value is -2.10. The number of aromatic amines is 1. The number of benzene rings is 1. The van der Waals surface area contributed by atoms with Crippen LogP contribution in [0.25, 0.3) is 11.3 Å². The van der Waals surface area contributed by atoms with Gasteiger partial charge in [0.1, 0.15) is 11.6 Å². The standard InChI is InChI=1S/C14H14FN3/c1-8-3-4-10-12(17-8)6-5-11(14(10)15)13-7-16-9(2)18-13/h5-7,17H,1,3-4H2,2H3,(H,16,18). The molecule has 0 radical (unpaired) electrons. The fraction of sp³-hybridized carbons (Fsp3) is 0.214. The number of allylic oxidation sites excluding steroid dienone is 1. The van der Waals surface area contributed by atoms with Gasteiger partial charge in [0.25, 0.3) is 0 Å². The molecule has 0 saturated carbocycles. The van der Waals surface area contributed by atoms with Crippen LogP contribution in [0.2, 0.25) is 0 Å². The number of hydrogen-bond acceptors (Lipinski definition) is 2. The summed E-state index contributed by atoms with van der Waals surface area (Å²) < 4.78 is 14.5. The van der Waals surface area contributed by atoms with Crippen molar-refractivity contribution in [1.29, 1.82) is 0 Å². The number of rotatable bonds is 1. The van der Waals surface area contributed by atoms with Crippen molar-refractivity contribution in [2.75, 3.05) is 5.32 Å². The van der Waals surface area contributed by atoms with Crippen molar-refractivity contribution in [3.8, 4) is 11.3 Å². The highest BCUT2D eigenvalue weighted by Gasteiger charge is 2.19. The molecule has 3 nitrogen and oxygen atoms in total. The van der Waals surface area contributed by atoms with Crippen LogP contribution in [0, 0.1) is 12.7 Å². The maximum absolute atomic E-state index is 14.5. The van der Waals surface area contributed by atoms with E-state index in [0.29, 0.717) is 12.0 Å². The van der Waals surface area contributed by atoms with Crippen molar-refractivity contribution in [2.45, 2.75) is 19.8 Å². The second kappa shape index (κ2) is 3.98. The fourth-order valence-corrected chi connectivity index (χ4v) is 2.28. The van der Waals surface area contributed by atoms with E-state index >= 15 is 0 Å². The largest absolute Gasteiger partial charge is 0.359 e. The zero-order valence-corrected chi connectivity index (χ0v) is 10.2. The Morgan fingerprint density at radius 3 is 2.89 bits per heavy atom. The van der Waals surface area contributed by atoms with E-state index in [4.69, 9.17) is 0 Å². The minimum atomic E-state index is -0.170. The van der Waals surface area contributed by atoms with Crippen molar-refractivity contribution in [1.82, 2.24) is 9.97 Å². The summed E-state index contributed by atoms with van der Waals surface area (Å²) in [5, 5.41) is 3.12. The van der Waals surface area contributed by atoms with Gasteiger partial charge in [-0.2, -0.15) is 0 Å². The molecule has 0 amide bonds. The summed E-state index contributed by atoms with van der Waals surface area (Å²) in [5.41, 5.74) is 3.78. The molecule has 0 fully saturated rings. The summed E-state index contributed by atoms with van der Waals surface area (Å²) in [7, 11) is 0. The number of halogens is 1. The van der Waals surface area contributed by atoms with Crippen LogP contribution in [-0.4, -0.2) is 9.97 Å². The van der Waals surface area contributed by atoms with Gasteiger partial charge in [-0.05, 0) is 31.9 Å². The zero-order valence-electron chi connectivity index (χ0n) is 10.2. The summed E-state index contributed by atoms with van der Waals surface area (Å²) in [6.45, 7) is 5.73. The normalized spacial score (nSPS) is 14.2. The number of nitrogens with zero attached hydrogens (tertiary/aromatic N) is 1. The molecular weight excluding hydrogens is 229 g/mol. The number of imidazole rings is 1. The summed E-state index contributed by atoms with van der Waals surface area (Å²) in [4.78, 5) is 7.17. The van der Waals surface area contributed by atoms with Crippen molar-refractivity contribution in [3.63, 3.8) is 0 Å². The monoisotopic (exact) mass is 243 g/mol. The lowest BCUT2D eigenvalue weighted by atomic mass is 9.97. The molecule has 0 spiro atoms. The highest BCUT2D eigenvalue weighted by atomic mass is 19.1. The third-order valence-corrected chi connectivity index (χ3v) is 3.22. The molecule has 1 aliphatic rings. The second-order valence-electron chi connectivity index (χ2n) is 4.56. The maximum atomic E-state index is 14.5. The molecule has 92 valence electrons. The Labute approximate surface area is 105 Å². The molecule has 2 N–H and O–H groups in total. The molecule has 0 saturated heterocycles. The van der Waals surface area contributed by atoms with Gasteiger partial charge in [0.15, 0.2) is 0 Å². The van der Waals surface area contributed by atoms with Crippen LogP contribution in [0.4, 0.5) is 10.1 Å². The smallest absolute Gasteiger partial charge is 0.137 e. The summed E-state index contributed by atoms with van der Waals surface area (Å²) in [5.74, 6) is 0.616. The molecule has 1 aliphatic heterocycles. The maximum Gasteiger partial charge on any atom is 0.137 e. The molecule has 0 atom stereocenters. The molecule has 1 aromatic heterocycles. The van der Waals surface area contributed by atoms with E-state index in [1.165, 1.54) is 0 Å². The van der Waals surface area contributed by atoms with Crippen LogP contribution in [0.3, 0.4) is 0 Å². The molecule has 4 heteroatoms. The van der Waals surface area contributed by atoms with E-state index < -0.39 is 0 Å². The van der Waals surface area contributed by atoms with Crippen molar-refractivity contribution in [3.05, 3.63) is 47.8 Å². The number of nitrogens with one attached hydrogen (secondary N) is 2. The number of H-pyrrole nitrogens is 1. The lowest BCUT2D eigenvalue weighted by Crippen LogP contribution is -2.11. The van der Waals surface area contributed by atoms with Crippen LogP contribution < -0.4 is 5.32 Å². The first kappa shape index (κ1) is 11.0. The Balaban J connectivity index is 2.11. The van der Waals surface area contributed by atoms with Crippen molar-refractivity contribution in [2.24, 2.45) is 0 Å². The Kier molecular flexibility index (Phi) is 2.44. The highest BCUT2D eigenvalue weighted by molar-refractivity contribution is 5.69. The van der Waals surface area contributed by atoms with E-state index in [9.17, 15) is 4.39 Å². The predicted octanol–water partition coefficient (Wildman–Crippen LogP) is 3.40. The quantitative estimate of drug-likeness (QED) is 0.806. The third-order valence-electron chi connectivity index (χ3n) is 3.22. The van der Waals surface area contributed by atoms with Gasteiger partial charge in [0, 0.05) is 22.5 Å². The molecule has 2 heterocycles. The summed E-state index contributed by atoms with van der Waals surface area (Å²) in [6.07, 6.45) is 3.12. The molecule has 0 unspecified atom stereocenters. The number of hydrogen-bond donors (Lipinski definition) is 2. The van der Waals surface area contributed by atoms with Crippen LogP contribution in [0.1, 0.15) is 17.8 Å². The van der Waals surface area contributed by atoms with E-state index in [1.54, 1.807) is 12.3 Å². The summed E-state index contributed by atoms with van der Waals surface area (Å²) >= 11 is 0. The van der Waals surface area contributed by atoms with E-state index in [1.807, 2.05) is 13.0 Å². The van der Waals surface area contributed by atoms with Crippen LogP contribution in [0.5, 0.6) is 0 Å². The number of aryl methyl sites for hydroxylation is 1. The van der Waals surface area contributed by atoms with Gasteiger partial charge < -0.3 is 10.3 Å². The number of aromatic nitrogens is 2. The van der Waals surface area contributed by atoms with Gasteiger partial charge in [0.05, 0.1) is 11.9 Å². The van der Waals surface area contributed by atoms with Crippen molar-refractivity contribution < 1.29 is 4.39 Å². The average molecular weight is 243 g/mol. The molecule has 0 bridgehead atoms. The van der Waals surface area contributed by atoms with E-state index in [0.717, 1.165) is 34.9 Å². The molecule has 2 aromatic rings. The van der Waals surface area contributed by atoms with Gasteiger partial charge in [-0.15, -0.1) is 0 Å². The van der Waals surface area contributed by atoms with Crippen molar-refractivity contribution >= 4 is 5.69 Å². The van der Waals surface area contributed by atoms with Gasteiger partial charge >= 0.3 is 0 Å². The van der Waals surface area contributed by atoms with Gasteiger partial charge in [-0.25, -0.2) is 9.37 Å². The fourth-order valence-electron chi connectivity index (χ4n) is 2.28. The third kappa shape index (κ3) is 1.70. The Morgan fingerprint density at radius 1 is 1.33 bits per heavy atom. The molecule has 1 aromatic carbocycles. The highest BCUT2D eigenvalue weighted by Crippen LogP contribution is 2.33. The van der Waals surface area contributed by atoms with Gasteiger partial charge in [-0.3, -0.25) is 0 Å². The average Bonchev–Trinajstić information content (AvgIpc) is 2.76. The lowest BCUT2D eigenvalue weighted by molar-refractivity contribution is 0.610. The zero-order chi connectivity index (χ0) is 12.7. The molecular formula is C14H14FN3. The Morgan fingerprint density at radius 2 is 2.17 bits per heavy atom. The second-order valence-corrected chi connectivity index (χ2v) is 4.56. The predicted molar refractivity (Wildman–Crippen MR) is 69.8 cm³/mol. The minimum absolute atomic E-state index is 0.170. The topological polar surface area (TPSA) is 40.7 Å². The van der Waals surface area contributed by atoms with Crippen LogP contribution >= 0.6 is 0 Å². The molecule has 0 aliphatic carbocycles.